The Morgan fingerprint density at radius 3 is 2.31 bits per heavy atom. The van der Waals surface area contributed by atoms with E-state index in [0.717, 1.165) is 43.6 Å². The average Bonchev–Trinajstić information content (AvgIpc) is 3.62. The maximum Gasteiger partial charge on any atom is 0.302 e. The molecule has 45 heavy (non-hydrogen) atoms. The number of rotatable bonds is 4. The first-order valence-electron chi connectivity index (χ1n) is 17.7. The Morgan fingerprint density at radius 2 is 1.62 bits per heavy atom. The summed E-state index contributed by atoms with van der Waals surface area (Å²) in [7, 11) is 0. The van der Waals surface area contributed by atoms with Crippen LogP contribution in [0, 0.1) is 45.3 Å². The molecular formula is C39H53ClN2O3. The van der Waals surface area contributed by atoms with Crippen LogP contribution < -0.4 is 0 Å². The van der Waals surface area contributed by atoms with Gasteiger partial charge in [-0.1, -0.05) is 71.2 Å². The van der Waals surface area contributed by atoms with E-state index in [0.29, 0.717) is 34.6 Å². The van der Waals surface area contributed by atoms with Gasteiger partial charge >= 0.3 is 5.97 Å². The van der Waals surface area contributed by atoms with Crippen molar-refractivity contribution in [1.82, 2.24) is 10.2 Å². The minimum Gasteiger partial charge on any atom is -0.462 e. The Labute approximate surface area is 275 Å². The second kappa shape index (κ2) is 10.4. The molecule has 4 saturated carbocycles. The molecule has 0 amide bonds. The van der Waals surface area contributed by atoms with Crippen molar-refractivity contribution in [2.24, 2.45) is 45.3 Å². The van der Waals surface area contributed by atoms with Crippen molar-refractivity contribution in [3.05, 3.63) is 46.3 Å². The van der Waals surface area contributed by atoms with Crippen molar-refractivity contribution in [2.45, 2.75) is 131 Å². The summed E-state index contributed by atoms with van der Waals surface area (Å²) in [5, 5.41) is 10.1. The van der Waals surface area contributed by atoms with Crippen molar-refractivity contribution >= 4 is 17.6 Å². The molecule has 5 nitrogen and oxygen atoms in total. The van der Waals surface area contributed by atoms with E-state index in [1.807, 2.05) is 24.3 Å². The lowest BCUT2D eigenvalue weighted by Crippen LogP contribution is -2.66. The van der Waals surface area contributed by atoms with Crippen molar-refractivity contribution in [3.63, 3.8) is 0 Å². The lowest BCUT2D eigenvalue weighted by Gasteiger charge is -2.72. The van der Waals surface area contributed by atoms with Crippen molar-refractivity contribution in [1.29, 1.82) is 0 Å². The van der Waals surface area contributed by atoms with Crippen molar-refractivity contribution in [2.75, 3.05) is 0 Å². The van der Waals surface area contributed by atoms with Gasteiger partial charge in [-0.3, -0.25) is 4.79 Å². The second-order valence-electron chi connectivity index (χ2n) is 17.2. The van der Waals surface area contributed by atoms with Crippen LogP contribution in [-0.4, -0.2) is 22.3 Å². The number of fused-ring (bicyclic) bond motifs is 7. The van der Waals surface area contributed by atoms with E-state index in [1.165, 1.54) is 32.1 Å². The standard InChI is InChI=1S/C39H53ClN2O3/c1-23(2)27-15-20-39(34-42-41-33(45-34)25-9-11-26(40)12-10-25)22-21-37(7)28(32(27)39)13-14-30-36(6)18-17-31(44-24(3)43)35(4,5)29(36)16-19-38(30,37)8/h9-12,23,28-31H,13-22H2,1-8H3/t28-,29+,30-,31+,36+,37-,38-,39+/m1/s1. The lowest BCUT2D eigenvalue weighted by molar-refractivity contribution is -0.231. The molecular weight excluding hydrogens is 580 g/mol. The number of hydrogen-bond acceptors (Lipinski definition) is 5. The third kappa shape index (κ3) is 4.34. The number of esters is 1. The van der Waals surface area contributed by atoms with Gasteiger partial charge in [0.05, 0.1) is 5.41 Å². The summed E-state index contributed by atoms with van der Waals surface area (Å²) in [5.74, 6) is 3.56. The molecule has 4 fully saturated rings. The van der Waals surface area contributed by atoms with Crippen molar-refractivity contribution < 1.29 is 13.9 Å². The van der Waals surface area contributed by atoms with Gasteiger partial charge in [0.25, 0.3) is 0 Å². The molecule has 6 heteroatoms. The van der Waals surface area contributed by atoms with Crippen LogP contribution in [0.2, 0.25) is 5.02 Å². The van der Waals surface area contributed by atoms with E-state index in [2.05, 4.69) is 53.6 Å². The number of hydrogen-bond donors (Lipinski definition) is 0. The fourth-order valence-corrected chi connectivity index (χ4v) is 12.6. The Bertz CT molecular complexity index is 1520. The topological polar surface area (TPSA) is 65.2 Å². The first-order valence-corrected chi connectivity index (χ1v) is 18.1. The van der Waals surface area contributed by atoms with Gasteiger partial charge in [-0.25, -0.2) is 0 Å². The highest BCUT2D eigenvalue weighted by atomic mass is 35.5. The van der Waals surface area contributed by atoms with Crippen molar-refractivity contribution in [3.8, 4) is 11.5 Å². The number of allylic oxidation sites excluding steroid dienone is 2. The second-order valence-corrected chi connectivity index (χ2v) is 17.6. The van der Waals surface area contributed by atoms with E-state index < -0.39 is 0 Å². The number of carbonyl (C=O) groups excluding carboxylic acids is 1. The van der Waals surface area contributed by atoms with Gasteiger partial charge in [0.2, 0.25) is 11.8 Å². The number of benzene rings is 1. The first-order chi connectivity index (χ1) is 21.2. The van der Waals surface area contributed by atoms with E-state index in [4.69, 9.17) is 25.9 Å². The molecule has 7 rings (SSSR count). The molecule has 244 valence electrons. The van der Waals surface area contributed by atoms with Crippen LogP contribution in [0.25, 0.3) is 11.5 Å². The van der Waals surface area contributed by atoms with Gasteiger partial charge in [-0.05, 0) is 128 Å². The smallest absolute Gasteiger partial charge is 0.302 e. The zero-order chi connectivity index (χ0) is 32.2. The minimum atomic E-state index is -0.157. The third-order valence-electron chi connectivity index (χ3n) is 14.8. The van der Waals surface area contributed by atoms with Gasteiger partial charge in [-0.2, -0.15) is 0 Å². The van der Waals surface area contributed by atoms with Gasteiger partial charge in [-0.15, -0.1) is 10.2 Å². The highest BCUT2D eigenvalue weighted by molar-refractivity contribution is 6.30. The summed E-state index contributed by atoms with van der Waals surface area (Å²) in [4.78, 5) is 12.1. The van der Waals surface area contributed by atoms with Crippen LogP contribution in [0.4, 0.5) is 0 Å². The molecule has 0 saturated heterocycles. The predicted octanol–water partition coefficient (Wildman–Crippen LogP) is 10.4. The quantitative estimate of drug-likeness (QED) is 0.248. The lowest BCUT2D eigenvalue weighted by atomic mass is 9.33. The van der Waals surface area contributed by atoms with Crippen LogP contribution in [0.15, 0.2) is 39.8 Å². The average molecular weight is 633 g/mol. The number of aromatic nitrogens is 2. The van der Waals surface area contributed by atoms with Crippen LogP contribution >= 0.6 is 11.6 Å². The highest BCUT2D eigenvalue weighted by Gasteiger charge is 2.70. The summed E-state index contributed by atoms with van der Waals surface area (Å²) in [6, 6.07) is 7.72. The molecule has 1 aromatic carbocycles. The molecule has 0 bridgehead atoms. The van der Waals surface area contributed by atoms with Crippen LogP contribution in [0.1, 0.15) is 125 Å². The molecule has 0 spiro atoms. The monoisotopic (exact) mass is 632 g/mol. The van der Waals surface area contributed by atoms with E-state index >= 15 is 0 Å². The Morgan fingerprint density at radius 1 is 0.889 bits per heavy atom. The number of nitrogens with zero attached hydrogens (tertiary/aromatic N) is 2. The van der Waals surface area contributed by atoms with E-state index in [9.17, 15) is 4.79 Å². The molecule has 2 aromatic rings. The SMILES string of the molecule is CC(=O)O[C@H]1CC[C@]2(C)[C@H]3CC[C@@H]4C5=C(C(C)C)CC[C@]5(c5nnc(-c6ccc(Cl)cc6)o5)CC[C@@]4(C)[C@]3(C)CC[C@H]2C1(C)C. The Hall–Kier alpha value is -2.14. The van der Waals surface area contributed by atoms with Gasteiger partial charge in [0.1, 0.15) is 6.10 Å². The first kappa shape index (κ1) is 31.5. The molecule has 5 aliphatic carbocycles. The van der Waals surface area contributed by atoms with Gasteiger partial charge < -0.3 is 9.15 Å². The maximum atomic E-state index is 12.1. The van der Waals surface area contributed by atoms with E-state index in [-0.39, 0.29) is 39.1 Å². The number of carbonyl (C=O) groups is 1. The van der Waals surface area contributed by atoms with Gasteiger partial charge in [0.15, 0.2) is 0 Å². The van der Waals surface area contributed by atoms with E-state index in [1.54, 1.807) is 18.1 Å². The molecule has 0 radical (unpaired) electrons. The number of ether oxygens (including phenoxy) is 1. The molecule has 0 unspecified atom stereocenters. The maximum absolute atomic E-state index is 12.1. The normalized spacial score (nSPS) is 40.4. The molecule has 0 N–H and O–H groups in total. The van der Waals surface area contributed by atoms with Gasteiger partial charge in [0, 0.05) is 22.9 Å². The minimum absolute atomic E-state index is 0.0159. The van der Waals surface area contributed by atoms with Crippen LogP contribution in [-0.2, 0) is 14.9 Å². The fourth-order valence-electron chi connectivity index (χ4n) is 12.5. The number of halogens is 1. The summed E-state index contributed by atoms with van der Waals surface area (Å²) >= 11 is 6.18. The van der Waals surface area contributed by atoms with Crippen LogP contribution in [0.5, 0.6) is 0 Å². The van der Waals surface area contributed by atoms with Crippen LogP contribution in [0.3, 0.4) is 0 Å². The highest BCUT2D eigenvalue weighted by Crippen LogP contribution is 2.77. The Kier molecular flexibility index (Phi) is 7.29. The molecule has 8 atom stereocenters. The summed E-state index contributed by atoms with van der Waals surface area (Å²) < 4.78 is 12.6. The Balaban J connectivity index is 1.26. The molecule has 0 aliphatic heterocycles. The summed E-state index contributed by atoms with van der Waals surface area (Å²) in [6.45, 7) is 19.1. The molecule has 1 heterocycles. The predicted molar refractivity (Wildman–Crippen MR) is 179 cm³/mol. The molecule has 1 aromatic heterocycles. The summed E-state index contributed by atoms with van der Waals surface area (Å²) in [6.07, 6.45) is 11.6. The fraction of sp³-hybridized carbons (Fsp3) is 0.718. The summed E-state index contributed by atoms with van der Waals surface area (Å²) in [5.41, 5.74) is 4.79. The zero-order valence-electron chi connectivity index (χ0n) is 28.8. The largest absolute Gasteiger partial charge is 0.462 e. The third-order valence-corrected chi connectivity index (χ3v) is 15.1. The zero-order valence-corrected chi connectivity index (χ0v) is 29.5. The molecule has 5 aliphatic rings.